The van der Waals surface area contributed by atoms with Crippen LogP contribution >= 0.6 is 0 Å². The number of aromatic hydroxyl groups is 1. The number of hydrogen-bond donors (Lipinski definition) is 5. The number of aromatic amines is 1. The van der Waals surface area contributed by atoms with Crippen molar-refractivity contribution in [2.24, 2.45) is 0 Å². The summed E-state index contributed by atoms with van der Waals surface area (Å²) in [5.41, 5.74) is 1.63. The van der Waals surface area contributed by atoms with E-state index in [9.17, 15) is 14.3 Å². The Morgan fingerprint density at radius 2 is 1.75 bits per heavy atom. The van der Waals surface area contributed by atoms with Crippen molar-refractivity contribution in [3.8, 4) is 5.75 Å². The minimum atomic E-state index is -0.428. The van der Waals surface area contributed by atoms with Crippen LogP contribution in [0.1, 0.15) is 11.5 Å². The number of aryl methyl sites for hydroxylation is 1. The number of nitrogens with zero attached hydrogens (tertiary/aromatic N) is 4. The van der Waals surface area contributed by atoms with Crippen LogP contribution in [0.4, 0.5) is 33.5 Å². The lowest BCUT2D eigenvalue weighted by Gasteiger charge is -2.08. The first-order valence-electron chi connectivity index (χ1n) is 9.58. The van der Waals surface area contributed by atoms with Crippen molar-refractivity contribution >= 4 is 35.0 Å². The quantitative estimate of drug-likeness (QED) is 0.279. The minimum absolute atomic E-state index is 0.0229. The van der Waals surface area contributed by atoms with Gasteiger partial charge < -0.3 is 21.1 Å². The maximum absolute atomic E-state index is 13.2. The molecule has 0 bridgehead atoms. The molecule has 5 N–H and O–H groups in total. The predicted molar refractivity (Wildman–Crippen MR) is 117 cm³/mol. The van der Waals surface area contributed by atoms with E-state index in [-0.39, 0.29) is 24.0 Å². The number of nitrogens with one attached hydrogen (secondary N) is 4. The zero-order valence-corrected chi connectivity index (χ0v) is 16.9. The molecule has 162 valence electrons. The SMILES string of the molecule is Cc1nc(Nc2ccc(O)cc2)nc(Nc2cc(CC(=O)Nc3cccc(F)c3)[nH]n2)n1. The van der Waals surface area contributed by atoms with Gasteiger partial charge in [0.15, 0.2) is 5.82 Å². The smallest absolute Gasteiger partial charge is 0.233 e. The number of carbonyl (C=O) groups excluding carboxylic acids is 1. The molecule has 2 aromatic carbocycles. The Balaban J connectivity index is 1.40. The number of anilines is 5. The summed E-state index contributed by atoms with van der Waals surface area (Å²) >= 11 is 0. The van der Waals surface area contributed by atoms with Crippen LogP contribution in [0.25, 0.3) is 0 Å². The zero-order valence-electron chi connectivity index (χ0n) is 16.9. The summed E-state index contributed by atoms with van der Waals surface area (Å²) in [7, 11) is 0. The largest absolute Gasteiger partial charge is 0.508 e. The van der Waals surface area contributed by atoms with Crippen LogP contribution in [0.2, 0.25) is 0 Å². The highest BCUT2D eigenvalue weighted by atomic mass is 19.1. The Morgan fingerprint density at radius 3 is 2.50 bits per heavy atom. The second-order valence-corrected chi connectivity index (χ2v) is 6.84. The number of phenolic OH excluding ortho intramolecular Hbond substituents is 1. The molecule has 2 aromatic heterocycles. The highest BCUT2D eigenvalue weighted by Crippen LogP contribution is 2.19. The van der Waals surface area contributed by atoms with Gasteiger partial charge in [-0.3, -0.25) is 9.89 Å². The molecule has 2 heterocycles. The molecular weight excluding hydrogens is 415 g/mol. The van der Waals surface area contributed by atoms with Crippen molar-refractivity contribution in [2.45, 2.75) is 13.3 Å². The number of aromatic nitrogens is 5. The molecular formula is C21H19FN8O2. The standard InChI is InChI=1S/C21H19FN8O2/c1-12-23-20(26-14-5-7-17(31)8-6-14)28-21(24-12)27-18-10-16(29-30-18)11-19(32)25-15-4-2-3-13(22)9-15/h2-10,31H,11H2,1H3,(H,25,32)(H3,23,24,26,27,28,29,30). The van der Waals surface area contributed by atoms with E-state index in [4.69, 9.17) is 0 Å². The fraction of sp³-hybridized carbons (Fsp3) is 0.0952. The van der Waals surface area contributed by atoms with E-state index in [1.165, 1.54) is 18.2 Å². The Labute approximate surface area is 182 Å². The van der Waals surface area contributed by atoms with Crippen LogP contribution < -0.4 is 16.0 Å². The molecule has 0 fully saturated rings. The fourth-order valence-electron chi connectivity index (χ4n) is 2.84. The first kappa shape index (κ1) is 20.7. The van der Waals surface area contributed by atoms with E-state index in [0.29, 0.717) is 34.7 Å². The van der Waals surface area contributed by atoms with Gasteiger partial charge in [-0.25, -0.2) is 4.39 Å². The molecule has 0 atom stereocenters. The molecule has 4 rings (SSSR count). The normalized spacial score (nSPS) is 10.6. The van der Waals surface area contributed by atoms with Crippen LogP contribution in [0, 0.1) is 12.7 Å². The maximum Gasteiger partial charge on any atom is 0.233 e. The predicted octanol–water partition coefficient (Wildman–Crippen LogP) is 3.42. The topological polar surface area (TPSA) is 141 Å². The summed E-state index contributed by atoms with van der Waals surface area (Å²) < 4.78 is 13.2. The molecule has 4 aromatic rings. The van der Waals surface area contributed by atoms with Gasteiger partial charge in [-0.2, -0.15) is 20.1 Å². The van der Waals surface area contributed by atoms with Crippen molar-refractivity contribution in [3.05, 3.63) is 71.9 Å². The van der Waals surface area contributed by atoms with Crippen molar-refractivity contribution < 1.29 is 14.3 Å². The van der Waals surface area contributed by atoms with Gasteiger partial charge in [0.2, 0.25) is 17.8 Å². The molecule has 0 saturated carbocycles. The number of carbonyl (C=O) groups is 1. The van der Waals surface area contributed by atoms with Gasteiger partial charge in [0.25, 0.3) is 0 Å². The summed E-state index contributed by atoms with van der Waals surface area (Å²) in [5, 5.41) is 24.9. The van der Waals surface area contributed by atoms with Gasteiger partial charge in [-0.05, 0) is 49.4 Å². The molecule has 1 amide bonds. The van der Waals surface area contributed by atoms with E-state index < -0.39 is 5.82 Å². The van der Waals surface area contributed by atoms with Gasteiger partial charge in [-0.1, -0.05) is 6.07 Å². The number of phenols is 1. The molecule has 0 aliphatic rings. The minimum Gasteiger partial charge on any atom is -0.508 e. The Hall–Kier alpha value is -4.54. The van der Waals surface area contributed by atoms with Gasteiger partial charge >= 0.3 is 0 Å². The summed E-state index contributed by atoms with van der Waals surface area (Å²) in [6.07, 6.45) is 0.0229. The Morgan fingerprint density at radius 1 is 1.00 bits per heavy atom. The maximum atomic E-state index is 13.2. The van der Waals surface area contributed by atoms with E-state index in [0.717, 1.165) is 0 Å². The van der Waals surface area contributed by atoms with Gasteiger partial charge in [-0.15, -0.1) is 0 Å². The monoisotopic (exact) mass is 434 g/mol. The van der Waals surface area contributed by atoms with Gasteiger partial charge in [0.05, 0.1) is 6.42 Å². The molecule has 0 aliphatic heterocycles. The van der Waals surface area contributed by atoms with Crippen LogP contribution in [-0.4, -0.2) is 36.2 Å². The third kappa shape index (κ3) is 5.53. The molecule has 0 spiro atoms. The van der Waals surface area contributed by atoms with Crippen LogP contribution in [-0.2, 0) is 11.2 Å². The number of amides is 1. The van der Waals surface area contributed by atoms with E-state index in [1.54, 1.807) is 43.3 Å². The first-order chi connectivity index (χ1) is 15.4. The van der Waals surface area contributed by atoms with Crippen molar-refractivity contribution in [3.63, 3.8) is 0 Å². The lowest BCUT2D eigenvalue weighted by Crippen LogP contribution is -2.14. The van der Waals surface area contributed by atoms with Crippen LogP contribution in [0.15, 0.2) is 54.6 Å². The molecule has 11 heteroatoms. The highest BCUT2D eigenvalue weighted by molar-refractivity contribution is 5.92. The van der Waals surface area contributed by atoms with E-state index >= 15 is 0 Å². The molecule has 0 unspecified atom stereocenters. The summed E-state index contributed by atoms with van der Waals surface area (Å²) in [6.45, 7) is 1.72. The number of benzene rings is 2. The first-order valence-corrected chi connectivity index (χ1v) is 9.58. The number of halogens is 1. The average Bonchev–Trinajstić information content (AvgIpc) is 3.15. The molecule has 0 saturated heterocycles. The van der Waals surface area contributed by atoms with E-state index in [1.807, 2.05) is 0 Å². The molecule has 0 radical (unpaired) electrons. The van der Waals surface area contributed by atoms with E-state index in [2.05, 4.69) is 41.1 Å². The Kier molecular flexibility index (Phi) is 5.88. The van der Waals surface area contributed by atoms with Crippen molar-refractivity contribution in [1.29, 1.82) is 0 Å². The van der Waals surface area contributed by atoms with Gasteiger partial charge in [0.1, 0.15) is 17.4 Å². The lowest BCUT2D eigenvalue weighted by molar-refractivity contribution is -0.115. The average molecular weight is 434 g/mol. The third-order valence-electron chi connectivity index (χ3n) is 4.20. The number of rotatable bonds is 7. The fourth-order valence-corrected chi connectivity index (χ4v) is 2.84. The third-order valence-corrected chi connectivity index (χ3v) is 4.20. The molecule has 32 heavy (non-hydrogen) atoms. The van der Waals surface area contributed by atoms with Crippen molar-refractivity contribution in [2.75, 3.05) is 16.0 Å². The highest BCUT2D eigenvalue weighted by Gasteiger charge is 2.10. The van der Waals surface area contributed by atoms with Crippen LogP contribution in [0.3, 0.4) is 0 Å². The second-order valence-electron chi connectivity index (χ2n) is 6.84. The number of H-pyrrole nitrogens is 1. The summed E-state index contributed by atoms with van der Waals surface area (Å²) in [5.74, 6) is 0.888. The second kappa shape index (κ2) is 9.08. The summed E-state index contributed by atoms with van der Waals surface area (Å²) in [4.78, 5) is 25.0. The van der Waals surface area contributed by atoms with Gasteiger partial charge in [0, 0.05) is 23.1 Å². The number of hydrogen-bond acceptors (Lipinski definition) is 8. The zero-order chi connectivity index (χ0) is 22.5. The molecule has 10 nitrogen and oxygen atoms in total. The summed E-state index contributed by atoms with van der Waals surface area (Å²) in [6, 6.07) is 13.8. The molecule has 0 aliphatic carbocycles. The van der Waals surface area contributed by atoms with Crippen molar-refractivity contribution in [1.82, 2.24) is 25.1 Å². The Bertz CT molecular complexity index is 1240. The van der Waals surface area contributed by atoms with Crippen LogP contribution in [0.5, 0.6) is 5.75 Å². The lowest BCUT2D eigenvalue weighted by atomic mass is 10.2.